The van der Waals surface area contributed by atoms with E-state index >= 15 is 0 Å². The quantitative estimate of drug-likeness (QED) is 0.622. The maximum atomic E-state index is 10.8. The molecular weight excluding hydrogens is 142 g/mol. The maximum Gasteiger partial charge on any atom is 0.131 e. The molecule has 0 aliphatic heterocycles. The van der Waals surface area contributed by atoms with Gasteiger partial charge >= 0.3 is 0 Å². The summed E-state index contributed by atoms with van der Waals surface area (Å²) in [5.41, 5.74) is 0.714. The minimum atomic E-state index is 0.0765. The van der Waals surface area contributed by atoms with E-state index in [1.54, 1.807) is 38.4 Å². The number of hydrogen-bond donors (Lipinski definition) is 1. The summed E-state index contributed by atoms with van der Waals surface area (Å²) in [6, 6.07) is 7.05. The van der Waals surface area contributed by atoms with Gasteiger partial charge in [0.15, 0.2) is 0 Å². The van der Waals surface area contributed by atoms with Crippen LogP contribution in [0.4, 0.5) is 5.69 Å². The number of ether oxygens (including phenoxy) is 1. The summed E-state index contributed by atoms with van der Waals surface area (Å²) in [7, 11) is 3.14. The van der Waals surface area contributed by atoms with Crippen LogP contribution < -0.4 is 9.80 Å². The summed E-state index contributed by atoms with van der Waals surface area (Å²) in [5, 5.41) is 10.9. The van der Waals surface area contributed by atoms with E-state index in [4.69, 9.17) is 4.74 Å². The van der Waals surface area contributed by atoms with E-state index in [-0.39, 0.29) is 5.06 Å². The molecule has 1 N–H and O–H groups in total. The van der Waals surface area contributed by atoms with Gasteiger partial charge in [-0.3, -0.25) is 0 Å². The number of hydroxylamine groups is 1. The first kappa shape index (κ1) is 8.04. The molecule has 0 aromatic heterocycles. The van der Waals surface area contributed by atoms with Gasteiger partial charge in [-0.25, -0.2) is 0 Å². The summed E-state index contributed by atoms with van der Waals surface area (Å²) in [6.07, 6.45) is 0. The number of quaternary nitrogens is 1. The van der Waals surface area contributed by atoms with Gasteiger partial charge in [-0.15, -0.1) is 0 Å². The molecule has 1 unspecified atom stereocenters. The lowest BCUT2D eigenvalue weighted by Crippen LogP contribution is -2.98. The van der Waals surface area contributed by atoms with E-state index in [1.807, 2.05) is 0 Å². The Balaban J connectivity index is 2.83. The zero-order valence-corrected chi connectivity index (χ0v) is 6.63. The standard InChI is InChI=1S/C8H11NO2/c1-9(10)7-3-5-8(11-2)6-4-7/h3-6,9H,1-2H3. The number of rotatable bonds is 2. The molecule has 0 saturated carbocycles. The summed E-state index contributed by atoms with van der Waals surface area (Å²) in [4.78, 5) is 0. The van der Waals surface area contributed by atoms with E-state index < -0.39 is 0 Å². The molecule has 0 spiro atoms. The van der Waals surface area contributed by atoms with Crippen LogP contribution in [0.15, 0.2) is 24.3 Å². The number of methoxy groups -OCH3 is 1. The van der Waals surface area contributed by atoms with Crippen molar-refractivity contribution in [1.29, 1.82) is 0 Å². The van der Waals surface area contributed by atoms with Crippen LogP contribution in [0.1, 0.15) is 0 Å². The van der Waals surface area contributed by atoms with Crippen molar-refractivity contribution in [1.82, 2.24) is 0 Å². The highest BCUT2D eigenvalue weighted by Crippen LogP contribution is 2.11. The Morgan fingerprint density at radius 2 is 1.82 bits per heavy atom. The fourth-order valence-corrected chi connectivity index (χ4v) is 0.826. The van der Waals surface area contributed by atoms with Crippen LogP contribution in [-0.4, -0.2) is 14.2 Å². The van der Waals surface area contributed by atoms with Crippen LogP contribution in [0, 0.1) is 5.21 Å². The molecule has 0 aliphatic carbocycles. The van der Waals surface area contributed by atoms with Crippen molar-refractivity contribution in [3.05, 3.63) is 29.5 Å². The van der Waals surface area contributed by atoms with Crippen molar-refractivity contribution in [2.24, 2.45) is 0 Å². The average Bonchev–Trinajstić information content (AvgIpc) is 2.05. The highest BCUT2D eigenvalue weighted by Gasteiger charge is 1.95. The van der Waals surface area contributed by atoms with Crippen LogP contribution in [0.3, 0.4) is 0 Å². The Hall–Kier alpha value is -1.06. The predicted octanol–water partition coefficient (Wildman–Crippen LogP) is 0.339. The van der Waals surface area contributed by atoms with Crippen LogP contribution in [0.2, 0.25) is 0 Å². The van der Waals surface area contributed by atoms with Gasteiger partial charge in [0.05, 0.1) is 14.2 Å². The van der Waals surface area contributed by atoms with Crippen molar-refractivity contribution in [2.75, 3.05) is 14.2 Å². The Labute approximate surface area is 65.8 Å². The Kier molecular flexibility index (Phi) is 2.46. The molecule has 0 radical (unpaired) electrons. The number of hydrogen-bond acceptors (Lipinski definition) is 2. The molecule has 0 bridgehead atoms. The van der Waals surface area contributed by atoms with E-state index in [1.165, 1.54) is 0 Å². The topological polar surface area (TPSA) is 36.7 Å². The first-order valence-electron chi connectivity index (χ1n) is 3.39. The third-order valence-corrected chi connectivity index (χ3v) is 1.50. The lowest BCUT2D eigenvalue weighted by molar-refractivity contribution is -0.751. The molecule has 0 saturated heterocycles. The van der Waals surface area contributed by atoms with E-state index in [0.29, 0.717) is 5.69 Å². The van der Waals surface area contributed by atoms with Gasteiger partial charge in [-0.2, -0.15) is 0 Å². The lowest BCUT2D eigenvalue weighted by Gasteiger charge is -2.15. The molecule has 1 aromatic rings. The van der Waals surface area contributed by atoms with Crippen molar-refractivity contribution in [3.63, 3.8) is 0 Å². The van der Waals surface area contributed by atoms with Gasteiger partial charge in [0.1, 0.15) is 11.4 Å². The molecule has 1 atom stereocenters. The summed E-state index contributed by atoms with van der Waals surface area (Å²) in [6.45, 7) is 0. The Morgan fingerprint density at radius 1 is 1.27 bits per heavy atom. The van der Waals surface area contributed by atoms with Crippen molar-refractivity contribution < 1.29 is 9.80 Å². The number of nitrogens with one attached hydrogen (secondary N) is 1. The average molecular weight is 153 g/mol. The largest absolute Gasteiger partial charge is 0.629 e. The molecule has 0 fully saturated rings. The highest BCUT2D eigenvalue weighted by atomic mass is 16.5. The van der Waals surface area contributed by atoms with Crippen LogP contribution in [-0.2, 0) is 0 Å². The molecule has 1 rings (SSSR count). The second-order valence-electron chi connectivity index (χ2n) is 2.28. The first-order chi connectivity index (χ1) is 5.24. The first-order valence-corrected chi connectivity index (χ1v) is 3.39. The molecule has 60 valence electrons. The van der Waals surface area contributed by atoms with Crippen LogP contribution >= 0.6 is 0 Å². The van der Waals surface area contributed by atoms with Crippen molar-refractivity contribution in [2.45, 2.75) is 0 Å². The molecular formula is C8H11NO2. The minimum Gasteiger partial charge on any atom is -0.629 e. The van der Waals surface area contributed by atoms with Gasteiger partial charge < -0.3 is 15.0 Å². The summed E-state index contributed by atoms with van der Waals surface area (Å²) < 4.78 is 4.94. The van der Waals surface area contributed by atoms with Crippen LogP contribution in [0.5, 0.6) is 5.75 Å². The second-order valence-corrected chi connectivity index (χ2v) is 2.28. The number of benzene rings is 1. The third-order valence-electron chi connectivity index (χ3n) is 1.50. The minimum absolute atomic E-state index is 0.0765. The summed E-state index contributed by atoms with van der Waals surface area (Å²) >= 11 is 0. The normalized spacial score (nSPS) is 12.6. The molecule has 0 heterocycles. The SMILES string of the molecule is COc1ccc([NH+](C)[O-])cc1. The van der Waals surface area contributed by atoms with Gasteiger partial charge in [-0.05, 0) is 12.1 Å². The van der Waals surface area contributed by atoms with E-state index in [2.05, 4.69) is 0 Å². The van der Waals surface area contributed by atoms with Gasteiger partial charge in [0.2, 0.25) is 0 Å². The maximum absolute atomic E-state index is 10.8. The molecule has 0 aliphatic rings. The lowest BCUT2D eigenvalue weighted by atomic mass is 10.3. The highest BCUT2D eigenvalue weighted by molar-refractivity contribution is 5.35. The molecule has 3 heteroatoms. The fraction of sp³-hybridized carbons (Fsp3) is 0.250. The van der Waals surface area contributed by atoms with Gasteiger partial charge in [0.25, 0.3) is 0 Å². The fourth-order valence-electron chi connectivity index (χ4n) is 0.826. The zero-order valence-electron chi connectivity index (χ0n) is 6.63. The van der Waals surface area contributed by atoms with Crippen molar-refractivity contribution in [3.8, 4) is 5.75 Å². The molecule has 1 aromatic carbocycles. The second kappa shape index (κ2) is 3.37. The predicted molar refractivity (Wildman–Crippen MR) is 42.9 cm³/mol. The molecule has 0 amide bonds. The van der Waals surface area contributed by atoms with Crippen LogP contribution in [0.25, 0.3) is 0 Å². The van der Waals surface area contributed by atoms with E-state index in [0.717, 1.165) is 5.75 Å². The Bertz CT molecular complexity index is 218. The van der Waals surface area contributed by atoms with Crippen molar-refractivity contribution >= 4 is 5.69 Å². The van der Waals surface area contributed by atoms with E-state index in [9.17, 15) is 5.21 Å². The molecule has 11 heavy (non-hydrogen) atoms. The smallest absolute Gasteiger partial charge is 0.131 e. The van der Waals surface area contributed by atoms with Gasteiger partial charge in [-0.1, -0.05) is 0 Å². The monoisotopic (exact) mass is 153 g/mol. The summed E-state index contributed by atoms with van der Waals surface area (Å²) in [5.74, 6) is 0.773. The third kappa shape index (κ3) is 1.93. The molecule has 3 nitrogen and oxygen atoms in total. The Morgan fingerprint density at radius 3 is 2.18 bits per heavy atom. The van der Waals surface area contributed by atoms with Gasteiger partial charge in [0, 0.05) is 12.1 Å². The zero-order chi connectivity index (χ0) is 8.27.